The average molecular weight is 316 g/mol. The van der Waals surface area contributed by atoms with E-state index in [-0.39, 0.29) is 5.91 Å². The van der Waals surface area contributed by atoms with E-state index in [9.17, 15) is 9.59 Å². The van der Waals surface area contributed by atoms with E-state index in [1.807, 2.05) is 4.90 Å². The molecule has 2 aliphatic rings. The molecule has 0 radical (unpaired) electrons. The second-order valence-corrected chi connectivity index (χ2v) is 5.69. The number of nitrogens with zero attached hydrogens (tertiary/aromatic N) is 3. The zero-order valence-electron chi connectivity index (χ0n) is 12.8. The Morgan fingerprint density at radius 2 is 2.35 bits per heavy atom. The van der Waals surface area contributed by atoms with Crippen molar-refractivity contribution in [3.8, 4) is 0 Å². The minimum absolute atomic E-state index is 0.247. The lowest BCUT2D eigenvalue weighted by atomic mass is 10.1. The van der Waals surface area contributed by atoms with Gasteiger partial charge in [0.25, 0.3) is 0 Å². The van der Waals surface area contributed by atoms with Crippen LogP contribution in [-0.4, -0.2) is 46.3 Å². The number of primary amides is 1. The number of hydrogen-bond donors (Lipinski definition) is 3. The van der Waals surface area contributed by atoms with Crippen LogP contribution in [0.4, 0.5) is 11.8 Å². The highest BCUT2D eigenvalue weighted by Gasteiger charge is 2.19. The van der Waals surface area contributed by atoms with E-state index >= 15 is 0 Å². The molecule has 3 rings (SSSR count). The molecule has 1 aromatic rings. The lowest BCUT2D eigenvalue weighted by molar-refractivity contribution is -0.127. The van der Waals surface area contributed by atoms with Gasteiger partial charge in [-0.1, -0.05) is 0 Å². The number of fused-ring (bicyclic) bond motifs is 1. The maximum Gasteiger partial charge on any atom is 0.246 e. The van der Waals surface area contributed by atoms with Gasteiger partial charge in [0.05, 0.1) is 0 Å². The molecule has 8 heteroatoms. The molecular formula is C15H20N6O2. The Balaban J connectivity index is 1.49. The summed E-state index contributed by atoms with van der Waals surface area (Å²) in [6, 6.07) is 0. The lowest BCUT2D eigenvalue weighted by Gasteiger charge is -2.17. The van der Waals surface area contributed by atoms with Crippen molar-refractivity contribution in [2.24, 2.45) is 5.73 Å². The molecule has 1 aromatic heterocycles. The Morgan fingerprint density at radius 3 is 3.09 bits per heavy atom. The Kier molecular flexibility index (Phi) is 4.40. The molecule has 0 spiro atoms. The van der Waals surface area contributed by atoms with Crippen LogP contribution in [0.2, 0.25) is 0 Å². The number of nitrogens with two attached hydrogens (primary N) is 1. The van der Waals surface area contributed by atoms with Crippen LogP contribution in [0.3, 0.4) is 0 Å². The fourth-order valence-corrected chi connectivity index (χ4v) is 2.73. The van der Waals surface area contributed by atoms with E-state index in [0.29, 0.717) is 36.7 Å². The molecule has 2 amide bonds. The topological polar surface area (TPSA) is 113 Å². The van der Waals surface area contributed by atoms with Crippen LogP contribution >= 0.6 is 0 Å². The quantitative estimate of drug-likeness (QED) is 0.648. The van der Waals surface area contributed by atoms with E-state index in [1.165, 1.54) is 0 Å². The maximum absolute atomic E-state index is 11.5. The van der Waals surface area contributed by atoms with Gasteiger partial charge in [-0.25, -0.2) is 4.98 Å². The highest BCUT2D eigenvalue weighted by atomic mass is 16.2. The third kappa shape index (κ3) is 3.58. The molecular weight excluding hydrogens is 296 g/mol. The molecule has 0 aliphatic carbocycles. The van der Waals surface area contributed by atoms with E-state index < -0.39 is 5.91 Å². The fraction of sp³-hybridized carbons (Fsp3) is 0.467. The van der Waals surface area contributed by atoms with Crippen molar-refractivity contribution >= 4 is 23.6 Å². The number of amides is 2. The first-order chi connectivity index (χ1) is 11.1. The third-order valence-electron chi connectivity index (χ3n) is 4.00. The summed E-state index contributed by atoms with van der Waals surface area (Å²) < 4.78 is 0. The normalized spacial score (nSPS) is 16.6. The summed E-state index contributed by atoms with van der Waals surface area (Å²) >= 11 is 0. The van der Waals surface area contributed by atoms with Crippen LogP contribution in [0.5, 0.6) is 0 Å². The fourth-order valence-electron chi connectivity index (χ4n) is 2.73. The predicted octanol–water partition coefficient (Wildman–Crippen LogP) is 0.238. The lowest BCUT2D eigenvalue weighted by Crippen LogP contribution is -2.27. The number of aromatic nitrogens is 2. The zero-order valence-corrected chi connectivity index (χ0v) is 12.8. The Labute approximate surface area is 134 Å². The van der Waals surface area contributed by atoms with Crippen molar-refractivity contribution in [3.05, 3.63) is 23.5 Å². The second kappa shape index (κ2) is 6.64. The van der Waals surface area contributed by atoms with Gasteiger partial charge in [-0.15, -0.1) is 0 Å². The molecule has 1 fully saturated rings. The summed E-state index contributed by atoms with van der Waals surface area (Å²) in [6.45, 7) is 2.33. The third-order valence-corrected chi connectivity index (χ3v) is 4.00. The average Bonchev–Trinajstić information content (AvgIpc) is 2.96. The first-order valence-corrected chi connectivity index (χ1v) is 7.76. The summed E-state index contributed by atoms with van der Waals surface area (Å²) in [7, 11) is 0. The first kappa shape index (κ1) is 15.3. The van der Waals surface area contributed by atoms with Gasteiger partial charge in [0.2, 0.25) is 17.8 Å². The number of hydrogen-bond acceptors (Lipinski definition) is 6. The minimum atomic E-state index is -0.443. The van der Waals surface area contributed by atoms with Crippen LogP contribution in [0.1, 0.15) is 24.8 Å². The molecule has 23 heavy (non-hydrogen) atoms. The van der Waals surface area contributed by atoms with Crippen molar-refractivity contribution in [1.82, 2.24) is 14.9 Å². The molecule has 4 N–H and O–H groups in total. The van der Waals surface area contributed by atoms with Gasteiger partial charge < -0.3 is 21.3 Å². The SMILES string of the molecule is NC(=O)C1=CNc2nc(NCCCN3CCCC3=O)ncc2C1. The Morgan fingerprint density at radius 1 is 1.48 bits per heavy atom. The van der Waals surface area contributed by atoms with Gasteiger partial charge >= 0.3 is 0 Å². The number of rotatable bonds is 6. The Hall–Kier alpha value is -2.64. The predicted molar refractivity (Wildman–Crippen MR) is 85.6 cm³/mol. The van der Waals surface area contributed by atoms with Crippen molar-refractivity contribution in [3.63, 3.8) is 0 Å². The summed E-state index contributed by atoms with van der Waals surface area (Å²) in [5.41, 5.74) is 6.62. The Bertz CT molecular complexity index is 657. The number of anilines is 2. The molecule has 2 aliphatic heterocycles. The number of nitrogens with one attached hydrogen (secondary N) is 2. The summed E-state index contributed by atoms with van der Waals surface area (Å²) in [4.78, 5) is 33.2. The smallest absolute Gasteiger partial charge is 0.246 e. The van der Waals surface area contributed by atoms with Crippen LogP contribution in [0.15, 0.2) is 18.0 Å². The van der Waals surface area contributed by atoms with Crippen LogP contribution < -0.4 is 16.4 Å². The van der Waals surface area contributed by atoms with Gasteiger partial charge in [-0.05, 0) is 12.8 Å². The molecule has 3 heterocycles. The molecule has 1 saturated heterocycles. The van der Waals surface area contributed by atoms with Crippen LogP contribution in [0, 0.1) is 0 Å². The van der Waals surface area contributed by atoms with Gasteiger partial charge in [0.15, 0.2) is 0 Å². The van der Waals surface area contributed by atoms with Gasteiger partial charge in [-0.2, -0.15) is 4.98 Å². The molecule has 0 saturated carbocycles. The molecule has 8 nitrogen and oxygen atoms in total. The molecule has 0 unspecified atom stereocenters. The molecule has 0 aromatic carbocycles. The number of likely N-dealkylation sites (tertiary alicyclic amines) is 1. The van der Waals surface area contributed by atoms with Crippen molar-refractivity contribution in [1.29, 1.82) is 0 Å². The second-order valence-electron chi connectivity index (χ2n) is 5.69. The van der Waals surface area contributed by atoms with Crippen molar-refractivity contribution < 1.29 is 9.59 Å². The van der Waals surface area contributed by atoms with Gasteiger partial charge in [0.1, 0.15) is 5.82 Å². The summed E-state index contributed by atoms with van der Waals surface area (Å²) in [5, 5.41) is 6.12. The van der Waals surface area contributed by atoms with Crippen LogP contribution in [-0.2, 0) is 16.0 Å². The maximum atomic E-state index is 11.5. The summed E-state index contributed by atoms with van der Waals surface area (Å²) in [5.74, 6) is 1.01. The van der Waals surface area contributed by atoms with Crippen molar-refractivity contribution in [2.45, 2.75) is 25.7 Å². The van der Waals surface area contributed by atoms with Gasteiger partial charge in [0, 0.05) is 56.0 Å². The van der Waals surface area contributed by atoms with E-state index in [1.54, 1.807) is 12.4 Å². The first-order valence-electron chi connectivity index (χ1n) is 7.76. The number of carbonyl (C=O) groups excluding carboxylic acids is 2. The minimum Gasteiger partial charge on any atom is -0.366 e. The highest BCUT2D eigenvalue weighted by Crippen LogP contribution is 2.22. The van der Waals surface area contributed by atoms with E-state index in [2.05, 4.69) is 20.6 Å². The molecule has 0 bridgehead atoms. The zero-order chi connectivity index (χ0) is 16.2. The molecule has 0 atom stereocenters. The van der Waals surface area contributed by atoms with Crippen molar-refractivity contribution in [2.75, 3.05) is 30.3 Å². The highest BCUT2D eigenvalue weighted by molar-refractivity contribution is 5.93. The largest absolute Gasteiger partial charge is 0.366 e. The van der Waals surface area contributed by atoms with Gasteiger partial charge in [-0.3, -0.25) is 9.59 Å². The summed E-state index contributed by atoms with van der Waals surface area (Å²) in [6.07, 6.45) is 6.21. The van der Waals surface area contributed by atoms with Crippen LogP contribution in [0.25, 0.3) is 0 Å². The van der Waals surface area contributed by atoms with E-state index in [4.69, 9.17) is 5.73 Å². The van der Waals surface area contributed by atoms with E-state index in [0.717, 1.165) is 31.5 Å². The molecule has 122 valence electrons. The monoisotopic (exact) mass is 316 g/mol. The number of carbonyl (C=O) groups is 2. The standard InChI is InChI=1S/C15H20N6O2/c16-13(23)10-7-11-9-19-15(20-14(11)18-8-10)17-4-2-6-21-5-1-3-12(21)22/h8-9H,1-7H2,(H2,16,23)(H2,17,18,19,20).